The molecule has 3 rings (SSSR count). The van der Waals surface area contributed by atoms with E-state index in [4.69, 9.17) is 14.2 Å². The van der Waals surface area contributed by atoms with E-state index in [0.717, 1.165) is 0 Å². The molecular weight excluding hydrogens is 350 g/mol. The van der Waals surface area contributed by atoms with Gasteiger partial charge in [-0.05, 0) is 18.4 Å². The van der Waals surface area contributed by atoms with Crippen LogP contribution in [0.15, 0.2) is 29.5 Å². The van der Waals surface area contributed by atoms with Crippen molar-refractivity contribution < 1.29 is 28.6 Å². The van der Waals surface area contributed by atoms with Gasteiger partial charge >= 0.3 is 5.97 Å². The fraction of sp³-hybridized carbons (Fsp3) is 0.450. The third-order valence-corrected chi connectivity index (χ3v) is 5.26. The topological polar surface area (TPSA) is 90.9 Å². The highest BCUT2D eigenvalue weighted by molar-refractivity contribution is 6.11. The van der Waals surface area contributed by atoms with E-state index in [-0.39, 0.29) is 24.0 Å². The molecule has 1 aromatic rings. The summed E-state index contributed by atoms with van der Waals surface area (Å²) < 4.78 is 15.7. The molecule has 7 nitrogen and oxygen atoms in total. The molecule has 7 heteroatoms. The van der Waals surface area contributed by atoms with Gasteiger partial charge in [-0.2, -0.15) is 0 Å². The number of hydrogen-bond donors (Lipinski definition) is 1. The van der Waals surface area contributed by atoms with Crippen LogP contribution in [-0.4, -0.2) is 39.0 Å². The Morgan fingerprint density at radius 2 is 1.85 bits per heavy atom. The number of nitrogens with one attached hydrogen (secondary N) is 1. The molecule has 1 heterocycles. The minimum atomic E-state index is -0.872. The number of benzene rings is 1. The second kappa shape index (κ2) is 7.42. The van der Waals surface area contributed by atoms with E-state index in [1.165, 1.54) is 21.3 Å². The fourth-order valence-electron chi connectivity index (χ4n) is 4.05. The largest absolute Gasteiger partial charge is 0.493 e. The Morgan fingerprint density at radius 1 is 1.11 bits per heavy atom. The molecule has 2 aliphatic rings. The second-order valence-corrected chi connectivity index (χ2v) is 6.83. The maximum Gasteiger partial charge on any atom is 0.316 e. The highest BCUT2D eigenvalue weighted by Gasteiger charge is 2.46. The molecule has 0 fully saturated rings. The van der Waals surface area contributed by atoms with Crippen molar-refractivity contribution in [2.45, 2.75) is 25.7 Å². The first-order valence-electron chi connectivity index (χ1n) is 8.78. The molecule has 1 N–H and O–H groups in total. The Hall–Kier alpha value is -2.83. The molecular formula is C20H23NO6. The Labute approximate surface area is 157 Å². The lowest BCUT2D eigenvalue weighted by Gasteiger charge is -2.36. The zero-order valence-electron chi connectivity index (χ0n) is 15.8. The highest BCUT2D eigenvalue weighted by Crippen LogP contribution is 2.46. The quantitative estimate of drug-likeness (QED) is 0.641. The number of carbonyl (C=O) groups is 3. The van der Waals surface area contributed by atoms with Crippen LogP contribution < -0.4 is 14.8 Å². The van der Waals surface area contributed by atoms with E-state index in [1.54, 1.807) is 12.1 Å². The third kappa shape index (κ3) is 3.18. The number of Topliss-reactive ketones (excluding diaryl/α,β-unsaturated/α-hetero) is 1. The lowest BCUT2D eigenvalue weighted by molar-refractivity contribution is -0.151. The van der Waals surface area contributed by atoms with Crippen molar-refractivity contribution >= 4 is 17.7 Å². The molecule has 144 valence electrons. The van der Waals surface area contributed by atoms with Crippen molar-refractivity contribution in [1.29, 1.82) is 0 Å². The zero-order valence-corrected chi connectivity index (χ0v) is 15.8. The molecule has 0 bridgehead atoms. The van der Waals surface area contributed by atoms with Crippen LogP contribution in [0.2, 0.25) is 0 Å². The van der Waals surface area contributed by atoms with E-state index in [1.807, 2.05) is 13.0 Å². The summed E-state index contributed by atoms with van der Waals surface area (Å²) in [5.41, 5.74) is 1.72. The summed E-state index contributed by atoms with van der Waals surface area (Å²) in [4.78, 5) is 37.7. The molecule has 27 heavy (non-hydrogen) atoms. The summed E-state index contributed by atoms with van der Waals surface area (Å²) in [7, 11) is 4.32. The van der Waals surface area contributed by atoms with Crippen molar-refractivity contribution in [2.24, 2.45) is 11.8 Å². The van der Waals surface area contributed by atoms with E-state index >= 15 is 0 Å². The molecule has 1 aliphatic heterocycles. The summed E-state index contributed by atoms with van der Waals surface area (Å²) in [5.74, 6) is -1.65. The van der Waals surface area contributed by atoms with Crippen LogP contribution in [0.1, 0.15) is 31.2 Å². The molecule has 3 atom stereocenters. The normalized spacial score (nSPS) is 24.8. The first-order valence-corrected chi connectivity index (χ1v) is 8.78. The number of carbonyl (C=O) groups excluding carboxylic acids is 3. The number of para-hydroxylation sites is 1. The predicted octanol–water partition coefficient (Wildman–Crippen LogP) is 1.96. The van der Waals surface area contributed by atoms with E-state index < -0.39 is 17.8 Å². The lowest BCUT2D eigenvalue weighted by atomic mass is 9.70. The second-order valence-electron chi connectivity index (χ2n) is 6.83. The van der Waals surface area contributed by atoms with E-state index in [9.17, 15) is 14.4 Å². The number of hydrogen-bond acceptors (Lipinski definition) is 6. The Morgan fingerprint density at radius 3 is 2.48 bits per heavy atom. The Bertz CT molecular complexity index is 828. The van der Waals surface area contributed by atoms with Gasteiger partial charge in [0, 0.05) is 29.2 Å². The number of ether oxygens (including phenoxy) is 3. The van der Waals surface area contributed by atoms with Gasteiger partial charge in [-0.25, -0.2) is 0 Å². The summed E-state index contributed by atoms with van der Waals surface area (Å²) in [6, 6.07) is 5.35. The molecule has 0 aromatic heterocycles. The summed E-state index contributed by atoms with van der Waals surface area (Å²) in [5, 5.41) is 2.82. The molecule has 0 radical (unpaired) electrons. The average molecular weight is 373 g/mol. The minimum absolute atomic E-state index is 0.0936. The van der Waals surface area contributed by atoms with Crippen LogP contribution in [-0.2, 0) is 19.1 Å². The predicted molar refractivity (Wildman–Crippen MR) is 96.4 cm³/mol. The summed E-state index contributed by atoms with van der Waals surface area (Å²) >= 11 is 0. The van der Waals surface area contributed by atoms with E-state index in [2.05, 4.69) is 5.32 Å². The van der Waals surface area contributed by atoms with Crippen molar-refractivity contribution in [1.82, 2.24) is 5.32 Å². The smallest absolute Gasteiger partial charge is 0.316 e. The standard InChI is InChI=1S/C20H23NO6/c1-10-8-13-17(18(23)16(10)20(24)27-4)12(9-15(22)21-13)11-6-5-7-14(25-2)19(11)26-3/h5-7,10,12,16H,8-9H2,1-4H3,(H,21,22)/t10-,12+,16-/m1/s1. The molecule has 1 aromatic carbocycles. The van der Waals surface area contributed by atoms with Crippen LogP contribution in [0.4, 0.5) is 0 Å². The number of allylic oxidation sites excluding steroid dienone is 2. The average Bonchev–Trinajstić information content (AvgIpc) is 2.65. The van der Waals surface area contributed by atoms with Gasteiger partial charge in [-0.3, -0.25) is 14.4 Å². The van der Waals surface area contributed by atoms with Gasteiger partial charge in [0.15, 0.2) is 17.3 Å². The van der Waals surface area contributed by atoms with Crippen molar-refractivity contribution in [3.63, 3.8) is 0 Å². The fourth-order valence-corrected chi connectivity index (χ4v) is 4.05. The first kappa shape index (κ1) is 18.9. The Balaban J connectivity index is 2.14. The van der Waals surface area contributed by atoms with Crippen molar-refractivity contribution in [3.05, 3.63) is 35.0 Å². The molecule has 0 unspecified atom stereocenters. The Kier molecular flexibility index (Phi) is 5.21. The molecule has 0 saturated carbocycles. The number of esters is 1. The molecule has 0 saturated heterocycles. The van der Waals surface area contributed by atoms with Gasteiger partial charge < -0.3 is 19.5 Å². The maximum atomic E-state index is 13.2. The van der Waals surface area contributed by atoms with Crippen LogP contribution in [0.5, 0.6) is 11.5 Å². The molecule has 0 spiro atoms. The van der Waals surface area contributed by atoms with Crippen LogP contribution in [0.25, 0.3) is 0 Å². The van der Waals surface area contributed by atoms with Gasteiger partial charge in [0.25, 0.3) is 0 Å². The van der Waals surface area contributed by atoms with Gasteiger partial charge in [0.1, 0.15) is 5.92 Å². The van der Waals surface area contributed by atoms with Crippen LogP contribution in [0, 0.1) is 11.8 Å². The lowest BCUT2D eigenvalue weighted by Crippen LogP contribution is -2.44. The van der Waals surface area contributed by atoms with Gasteiger partial charge in [0.05, 0.1) is 21.3 Å². The number of amides is 1. The van der Waals surface area contributed by atoms with Crippen LogP contribution >= 0.6 is 0 Å². The maximum absolute atomic E-state index is 13.2. The molecule has 1 amide bonds. The SMILES string of the molecule is COC(=O)[C@H]1C(=O)C2=C(C[C@H]1C)NC(=O)C[C@H]2c1cccc(OC)c1OC. The molecule has 1 aliphatic carbocycles. The zero-order chi connectivity index (χ0) is 19.7. The van der Waals surface area contributed by atoms with Gasteiger partial charge in [-0.1, -0.05) is 19.1 Å². The van der Waals surface area contributed by atoms with Gasteiger partial charge in [0.2, 0.25) is 5.91 Å². The summed E-state index contributed by atoms with van der Waals surface area (Å²) in [6.07, 6.45) is 0.520. The third-order valence-electron chi connectivity index (χ3n) is 5.26. The first-order chi connectivity index (χ1) is 12.9. The highest BCUT2D eigenvalue weighted by atomic mass is 16.5. The minimum Gasteiger partial charge on any atom is -0.493 e. The monoisotopic (exact) mass is 373 g/mol. The summed E-state index contributed by atoms with van der Waals surface area (Å²) in [6.45, 7) is 1.81. The number of methoxy groups -OCH3 is 3. The number of rotatable bonds is 4. The van der Waals surface area contributed by atoms with Crippen molar-refractivity contribution in [3.8, 4) is 11.5 Å². The van der Waals surface area contributed by atoms with Gasteiger partial charge in [-0.15, -0.1) is 0 Å². The van der Waals surface area contributed by atoms with Crippen molar-refractivity contribution in [2.75, 3.05) is 21.3 Å². The van der Waals surface area contributed by atoms with E-state index in [0.29, 0.717) is 34.8 Å². The van der Waals surface area contributed by atoms with Crippen LogP contribution in [0.3, 0.4) is 0 Å². The number of ketones is 1.